The lowest BCUT2D eigenvalue weighted by molar-refractivity contribution is 0.0965. The number of ketones is 1. The molecule has 0 radical (unpaired) electrons. The maximum absolute atomic E-state index is 14.4. The Balaban J connectivity index is 1.61. The lowest BCUT2D eigenvalue weighted by atomic mass is 10.1. The van der Waals surface area contributed by atoms with E-state index in [0.29, 0.717) is 30.0 Å². The summed E-state index contributed by atoms with van der Waals surface area (Å²) in [5, 5.41) is 4.16. The van der Waals surface area contributed by atoms with E-state index in [1.807, 2.05) is 0 Å². The second kappa shape index (κ2) is 8.19. The summed E-state index contributed by atoms with van der Waals surface area (Å²) in [5.41, 5.74) is 1.52. The third-order valence-electron chi connectivity index (χ3n) is 5.27. The minimum Gasteiger partial charge on any atom is -0.497 e. The van der Waals surface area contributed by atoms with E-state index in [-0.39, 0.29) is 23.6 Å². The van der Waals surface area contributed by atoms with Gasteiger partial charge in [-0.05, 0) is 48.4 Å². The molecular formula is C22H20FN3O5S. The molecule has 0 N–H and O–H groups in total. The van der Waals surface area contributed by atoms with Gasteiger partial charge in [0.25, 0.3) is 5.56 Å². The van der Waals surface area contributed by atoms with Crippen LogP contribution in [0.25, 0.3) is 11.3 Å². The molecular weight excluding hydrogens is 437 g/mol. The predicted octanol–water partition coefficient (Wildman–Crippen LogP) is 2.26. The number of benzene rings is 2. The molecule has 4 rings (SSSR count). The Morgan fingerprint density at radius 1 is 1.16 bits per heavy atom. The van der Waals surface area contributed by atoms with Gasteiger partial charge in [-0.25, -0.2) is 17.5 Å². The number of aromatic nitrogens is 2. The molecule has 32 heavy (non-hydrogen) atoms. The number of hydrogen-bond donors (Lipinski definition) is 0. The minimum atomic E-state index is -3.39. The van der Waals surface area contributed by atoms with Gasteiger partial charge < -0.3 is 4.74 Å². The molecule has 2 aromatic carbocycles. The molecule has 0 fully saturated rings. The van der Waals surface area contributed by atoms with Crippen molar-refractivity contribution in [3.05, 3.63) is 75.8 Å². The SMILES string of the molecule is COc1ccc(-c2ccc(=O)n(CC(=O)c3ccc4c(c3)CCN4S(C)(=O)=O)n2)c(F)c1. The molecule has 0 amide bonds. The number of methoxy groups -OCH3 is 1. The van der Waals surface area contributed by atoms with E-state index in [0.717, 1.165) is 16.5 Å². The molecule has 166 valence electrons. The molecule has 1 aliphatic rings. The van der Waals surface area contributed by atoms with Crippen LogP contribution in [0.1, 0.15) is 15.9 Å². The molecule has 0 saturated carbocycles. The van der Waals surface area contributed by atoms with E-state index >= 15 is 0 Å². The number of fused-ring (bicyclic) bond motifs is 1. The van der Waals surface area contributed by atoms with Crippen LogP contribution in [0, 0.1) is 5.82 Å². The van der Waals surface area contributed by atoms with Crippen LogP contribution >= 0.6 is 0 Å². The Hall–Kier alpha value is -3.53. The largest absolute Gasteiger partial charge is 0.497 e. The number of halogens is 1. The molecule has 0 aliphatic carbocycles. The van der Waals surface area contributed by atoms with Gasteiger partial charge in [0.2, 0.25) is 10.0 Å². The maximum atomic E-state index is 14.4. The summed E-state index contributed by atoms with van der Waals surface area (Å²) in [6, 6.07) is 11.7. The quantitative estimate of drug-likeness (QED) is 0.527. The number of carbonyl (C=O) groups is 1. The molecule has 0 saturated heterocycles. The van der Waals surface area contributed by atoms with Gasteiger partial charge in [-0.3, -0.25) is 13.9 Å². The van der Waals surface area contributed by atoms with Crippen molar-refractivity contribution < 1.29 is 22.3 Å². The third-order valence-corrected chi connectivity index (χ3v) is 6.45. The highest BCUT2D eigenvalue weighted by atomic mass is 32.2. The van der Waals surface area contributed by atoms with E-state index in [9.17, 15) is 22.4 Å². The van der Waals surface area contributed by atoms with Crippen LogP contribution in [-0.4, -0.2) is 43.9 Å². The highest BCUT2D eigenvalue weighted by Gasteiger charge is 2.26. The molecule has 3 aromatic rings. The lowest BCUT2D eigenvalue weighted by Gasteiger charge is -2.16. The van der Waals surface area contributed by atoms with Crippen LogP contribution in [0.3, 0.4) is 0 Å². The molecule has 0 atom stereocenters. The predicted molar refractivity (Wildman–Crippen MR) is 117 cm³/mol. The number of nitrogens with zero attached hydrogens (tertiary/aromatic N) is 3. The van der Waals surface area contributed by atoms with Gasteiger partial charge in [-0.2, -0.15) is 5.10 Å². The first-order valence-electron chi connectivity index (χ1n) is 9.73. The Morgan fingerprint density at radius 3 is 2.62 bits per heavy atom. The summed E-state index contributed by atoms with van der Waals surface area (Å²) >= 11 is 0. The normalized spacial score (nSPS) is 13.2. The van der Waals surface area contributed by atoms with Crippen molar-refractivity contribution in [1.29, 1.82) is 0 Å². The first-order chi connectivity index (χ1) is 15.2. The standard InChI is InChI=1S/C22H20FN3O5S/c1-31-16-4-5-17(18(23)12-16)19-6-8-22(28)25(24-19)13-21(27)15-3-7-20-14(11-15)9-10-26(20)32(2,29)30/h3-8,11-12H,9-10,13H2,1-2H3. The number of carbonyl (C=O) groups excluding carboxylic acids is 1. The summed E-state index contributed by atoms with van der Waals surface area (Å²) in [7, 11) is -1.96. The van der Waals surface area contributed by atoms with Gasteiger partial charge in [0.1, 0.15) is 18.1 Å². The zero-order valence-electron chi connectivity index (χ0n) is 17.4. The molecule has 0 bridgehead atoms. The van der Waals surface area contributed by atoms with E-state index < -0.39 is 21.4 Å². The summed E-state index contributed by atoms with van der Waals surface area (Å²) in [4.78, 5) is 25.1. The zero-order chi connectivity index (χ0) is 23.0. The Morgan fingerprint density at radius 2 is 1.94 bits per heavy atom. The second-order valence-corrected chi connectivity index (χ2v) is 9.32. The van der Waals surface area contributed by atoms with Crippen LogP contribution in [0.4, 0.5) is 10.1 Å². The molecule has 0 spiro atoms. The average Bonchev–Trinajstić information content (AvgIpc) is 3.19. The van der Waals surface area contributed by atoms with E-state index in [1.54, 1.807) is 18.2 Å². The fourth-order valence-corrected chi connectivity index (χ4v) is 4.61. The van der Waals surface area contributed by atoms with Gasteiger partial charge in [0.05, 0.1) is 24.7 Å². The number of rotatable bonds is 6. The monoisotopic (exact) mass is 457 g/mol. The van der Waals surface area contributed by atoms with Gasteiger partial charge in [0.15, 0.2) is 5.78 Å². The Labute approximate surface area is 183 Å². The van der Waals surface area contributed by atoms with Gasteiger partial charge in [-0.1, -0.05) is 0 Å². The minimum absolute atomic E-state index is 0.172. The summed E-state index contributed by atoms with van der Waals surface area (Å²) in [5.74, 6) is -0.587. The first kappa shape index (κ1) is 21.7. The highest BCUT2D eigenvalue weighted by Crippen LogP contribution is 2.31. The maximum Gasteiger partial charge on any atom is 0.267 e. The topological polar surface area (TPSA) is 98.6 Å². The van der Waals surface area contributed by atoms with Crippen molar-refractivity contribution >= 4 is 21.5 Å². The van der Waals surface area contributed by atoms with Crippen molar-refractivity contribution in [2.45, 2.75) is 13.0 Å². The van der Waals surface area contributed by atoms with Crippen LogP contribution in [-0.2, 0) is 23.0 Å². The highest BCUT2D eigenvalue weighted by molar-refractivity contribution is 7.92. The number of hydrogen-bond acceptors (Lipinski definition) is 6. The smallest absolute Gasteiger partial charge is 0.267 e. The number of Topliss-reactive ketones (excluding diaryl/α,β-unsaturated/α-hetero) is 1. The Bertz CT molecular complexity index is 1380. The fraction of sp³-hybridized carbons (Fsp3) is 0.227. The van der Waals surface area contributed by atoms with Crippen LogP contribution in [0.2, 0.25) is 0 Å². The van der Waals surface area contributed by atoms with E-state index in [4.69, 9.17) is 4.74 Å². The molecule has 1 aromatic heterocycles. The van der Waals surface area contributed by atoms with Crippen LogP contribution in [0.15, 0.2) is 53.3 Å². The lowest BCUT2D eigenvalue weighted by Crippen LogP contribution is -2.27. The molecule has 10 heteroatoms. The van der Waals surface area contributed by atoms with Gasteiger partial charge in [-0.15, -0.1) is 0 Å². The molecule has 2 heterocycles. The van der Waals surface area contributed by atoms with Crippen molar-refractivity contribution in [3.63, 3.8) is 0 Å². The van der Waals surface area contributed by atoms with Crippen molar-refractivity contribution in [1.82, 2.24) is 9.78 Å². The molecule has 1 aliphatic heterocycles. The van der Waals surface area contributed by atoms with Crippen molar-refractivity contribution in [3.8, 4) is 17.0 Å². The van der Waals surface area contributed by atoms with Crippen LogP contribution in [0.5, 0.6) is 5.75 Å². The third kappa shape index (κ3) is 4.13. The molecule has 8 nitrogen and oxygen atoms in total. The van der Waals surface area contributed by atoms with Crippen molar-refractivity contribution in [2.24, 2.45) is 0 Å². The average molecular weight is 457 g/mol. The molecule has 0 unspecified atom stereocenters. The number of anilines is 1. The van der Waals surface area contributed by atoms with E-state index in [1.165, 1.54) is 41.7 Å². The van der Waals surface area contributed by atoms with Crippen molar-refractivity contribution in [2.75, 3.05) is 24.2 Å². The van der Waals surface area contributed by atoms with Gasteiger partial charge >= 0.3 is 0 Å². The number of sulfonamides is 1. The van der Waals surface area contributed by atoms with Crippen LogP contribution < -0.4 is 14.6 Å². The Kier molecular flexibility index (Phi) is 5.55. The summed E-state index contributed by atoms with van der Waals surface area (Å²) in [6.07, 6.45) is 1.63. The first-order valence-corrected chi connectivity index (χ1v) is 11.6. The van der Waals surface area contributed by atoms with E-state index in [2.05, 4.69) is 5.10 Å². The second-order valence-electron chi connectivity index (χ2n) is 7.41. The number of ether oxygens (including phenoxy) is 1. The fourth-order valence-electron chi connectivity index (χ4n) is 3.65. The summed E-state index contributed by atoms with van der Waals surface area (Å²) < 4.78 is 45.4. The van der Waals surface area contributed by atoms with Gasteiger partial charge in [0, 0.05) is 29.8 Å². The zero-order valence-corrected chi connectivity index (χ0v) is 18.2. The summed E-state index contributed by atoms with van der Waals surface area (Å²) in [6.45, 7) is -0.0126.